The van der Waals surface area contributed by atoms with Gasteiger partial charge in [0.15, 0.2) is 0 Å². The third kappa shape index (κ3) is 11.7. The summed E-state index contributed by atoms with van der Waals surface area (Å²) in [5.74, 6) is 0. The third-order valence-electron chi connectivity index (χ3n) is 24.0. The number of benzene rings is 18. The first-order valence-electron chi connectivity index (χ1n) is 39.9. The van der Waals surface area contributed by atoms with Crippen LogP contribution in [-0.2, 0) is 0 Å². The quantitative estimate of drug-likeness (QED) is 0.107. The molecule has 4 aliphatic rings. The summed E-state index contributed by atoms with van der Waals surface area (Å²) in [5, 5.41) is 0. The molecule has 0 atom stereocenters. The van der Waals surface area contributed by atoms with E-state index in [4.69, 9.17) is 0 Å². The number of fused-ring (bicyclic) bond motifs is 8. The van der Waals surface area contributed by atoms with Crippen molar-refractivity contribution >= 4 is 114 Å². The Hall–Kier alpha value is -14.7. The van der Waals surface area contributed by atoms with Crippen LogP contribution in [0.5, 0.6) is 0 Å². The van der Waals surface area contributed by atoms with Crippen molar-refractivity contribution in [1.29, 1.82) is 0 Å². The van der Waals surface area contributed by atoms with Gasteiger partial charge >= 0.3 is 0 Å². The number of hydrogen-bond acceptors (Lipinski definition) is 4. The third-order valence-corrected chi connectivity index (χ3v) is 24.0. The predicted molar refractivity (Wildman–Crippen MR) is 488 cm³/mol. The summed E-state index contributed by atoms with van der Waals surface area (Å²) in [4.78, 5) is 10.2. The molecule has 4 aliphatic heterocycles. The van der Waals surface area contributed by atoms with E-state index in [2.05, 4.69) is 457 Å². The maximum Gasteiger partial charge on any atom is 0.252 e. The van der Waals surface area contributed by atoms with Crippen LogP contribution in [0.1, 0.15) is 5.56 Å². The lowest BCUT2D eigenvalue weighted by molar-refractivity contribution is 1.24. The maximum absolute atomic E-state index is 2.56. The molecule has 4 heterocycles. The van der Waals surface area contributed by atoms with Gasteiger partial charge in [-0.25, -0.2) is 0 Å². The Balaban J connectivity index is 0.632. The molecule has 0 saturated heterocycles. The molecule has 0 aliphatic carbocycles. The summed E-state index contributed by atoms with van der Waals surface area (Å²) in [6.45, 7) is 2.24. The zero-order valence-corrected chi connectivity index (χ0v) is 63.4. The Kier molecular flexibility index (Phi) is 16.3. The van der Waals surface area contributed by atoms with E-state index in [0.717, 1.165) is 78.4 Å². The summed E-state index contributed by atoms with van der Waals surface area (Å²) in [6, 6.07) is 160. The van der Waals surface area contributed by atoms with E-state index in [9.17, 15) is 0 Å². The van der Waals surface area contributed by atoms with E-state index in [1.165, 1.54) is 128 Å². The topological polar surface area (TPSA) is 13.0 Å². The van der Waals surface area contributed by atoms with E-state index in [-0.39, 0.29) is 13.4 Å². The van der Waals surface area contributed by atoms with Gasteiger partial charge in [0.05, 0.1) is 0 Å². The monoisotopic (exact) mass is 1460 g/mol. The first-order valence-corrected chi connectivity index (χ1v) is 39.9. The predicted octanol–water partition coefficient (Wildman–Crippen LogP) is 25.2. The average molecular weight is 1460 g/mol. The number of rotatable bonds is 13. The summed E-state index contributed by atoms with van der Waals surface area (Å²) in [7, 11) is 0. The SMILES string of the molecule is Cc1cc2c3c(c1)N(c1cc(-c4ccccc4)cc(-c4ccc(-c5ccc(-c6cc(-c7ccccc7)cc(N7c8ccccc8B8c9ccccc9N(c9cc(-c%10ccccc%10)cc(-c%10ccccc%10)c9)c9cccc7c98)c6)cc5)cc4)c1)c1ccccc1B3c1ccccc1N2c1cc(-c2ccccc2)cc(-c2ccccc2)c1. The Morgan fingerprint density at radius 2 is 0.330 bits per heavy atom. The molecular formula is C109H74B2N4. The molecule has 0 aromatic heterocycles. The minimum absolute atomic E-state index is 0.00763. The lowest BCUT2D eigenvalue weighted by atomic mass is 9.33. The fourth-order valence-corrected chi connectivity index (χ4v) is 18.8. The lowest BCUT2D eigenvalue weighted by Crippen LogP contribution is -2.61. The first-order chi connectivity index (χ1) is 56.9. The Bertz CT molecular complexity index is 6680. The van der Waals surface area contributed by atoms with Crippen LogP contribution in [0.3, 0.4) is 0 Å². The van der Waals surface area contributed by atoms with Crippen molar-refractivity contribution in [2.45, 2.75) is 6.92 Å². The van der Waals surface area contributed by atoms with Crippen LogP contribution in [-0.4, -0.2) is 13.4 Å². The average Bonchev–Trinajstić information content (AvgIpc) is 0.703. The van der Waals surface area contributed by atoms with Gasteiger partial charge in [-0.15, -0.1) is 0 Å². The lowest BCUT2D eigenvalue weighted by Gasteiger charge is -2.44. The minimum Gasteiger partial charge on any atom is -0.311 e. The number of hydrogen-bond donors (Lipinski definition) is 0. The molecule has 4 nitrogen and oxygen atoms in total. The van der Waals surface area contributed by atoms with E-state index in [1.807, 2.05) is 0 Å². The van der Waals surface area contributed by atoms with Crippen LogP contribution in [0.15, 0.2) is 431 Å². The van der Waals surface area contributed by atoms with Crippen molar-refractivity contribution < 1.29 is 0 Å². The smallest absolute Gasteiger partial charge is 0.252 e. The summed E-state index contributed by atoms with van der Waals surface area (Å²) >= 11 is 0. The highest BCUT2D eigenvalue weighted by Gasteiger charge is 2.45. The van der Waals surface area contributed by atoms with Crippen LogP contribution in [0.25, 0.3) is 100 Å². The van der Waals surface area contributed by atoms with E-state index in [0.29, 0.717) is 0 Å². The standard InChI is InChI=1S/C109H74B2N4/c1-73-59-106-109-107(60-73)115(103-48-27-23-44-99(103)111(109)98-43-22-26-47-102(98)114(106)94-68-86(76-33-12-4-13-34-76)62-87(69-94)77-35-14-5-15-36-77)95-70-89(79-39-18-7-19-40-79)64-91(72-95)83-57-53-81(54-58-83)80-51-55-82(56-52-80)90-63-88(78-37-16-6-17-38-78)67-93(71-90)113-101-46-25-21-42-97(101)110-96-41-20-24-45-100(96)112(104-49-28-50-105(113)108(104)110)92-65-84(74-29-8-2-9-30-74)61-85(66-92)75-31-10-3-11-32-75/h2-72H,1H3. The molecule has 18 aromatic carbocycles. The number of aryl methyl sites for hydroxylation is 1. The van der Waals surface area contributed by atoms with Crippen molar-refractivity contribution in [2.75, 3.05) is 19.6 Å². The van der Waals surface area contributed by atoms with Gasteiger partial charge in [-0.1, -0.05) is 309 Å². The maximum atomic E-state index is 2.56. The van der Waals surface area contributed by atoms with Crippen molar-refractivity contribution in [3.8, 4) is 100 Å². The highest BCUT2D eigenvalue weighted by Crippen LogP contribution is 2.51. The molecule has 115 heavy (non-hydrogen) atoms. The second kappa shape index (κ2) is 27.9. The zero-order valence-electron chi connectivity index (χ0n) is 63.4. The molecule has 0 saturated carbocycles. The molecule has 0 bridgehead atoms. The number of para-hydroxylation sites is 4. The van der Waals surface area contributed by atoms with E-state index < -0.39 is 0 Å². The van der Waals surface area contributed by atoms with Crippen molar-refractivity contribution in [3.63, 3.8) is 0 Å². The van der Waals surface area contributed by atoms with Gasteiger partial charge < -0.3 is 19.6 Å². The van der Waals surface area contributed by atoms with E-state index >= 15 is 0 Å². The van der Waals surface area contributed by atoms with Gasteiger partial charge in [0.1, 0.15) is 0 Å². The molecule has 536 valence electrons. The molecule has 22 rings (SSSR count). The fraction of sp³-hybridized carbons (Fsp3) is 0.00917. The fourth-order valence-electron chi connectivity index (χ4n) is 18.8. The molecule has 6 heteroatoms. The van der Waals surface area contributed by atoms with Gasteiger partial charge in [0, 0.05) is 68.2 Å². The van der Waals surface area contributed by atoms with Gasteiger partial charge in [-0.05, 0) is 267 Å². The molecular weight excluding hydrogens is 1390 g/mol. The van der Waals surface area contributed by atoms with Crippen LogP contribution in [0, 0.1) is 6.92 Å². The number of nitrogens with zero attached hydrogens (tertiary/aromatic N) is 4. The van der Waals surface area contributed by atoms with Crippen molar-refractivity contribution in [1.82, 2.24) is 0 Å². The first kappa shape index (κ1) is 67.2. The molecule has 18 aromatic rings. The Labute approximate surface area is 672 Å². The summed E-state index contributed by atoms with van der Waals surface area (Å²) in [5.41, 5.74) is 43.7. The highest BCUT2D eigenvalue weighted by atomic mass is 15.2. The van der Waals surface area contributed by atoms with E-state index in [1.54, 1.807) is 0 Å². The normalized spacial score (nSPS) is 12.6. The summed E-state index contributed by atoms with van der Waals surface area (Å²) < 4.78 is 0. The van der Waals surface area contributed by atoms with Gasteiger partial charge in [-0.2, -0.15) is 0 Å². The molecule has 0 fully saturated rings. The van der Waals surface area contributed by atoms with Crippen LogP contribution >= 0.6 is 0 Å². The molecule has 0 spiro atoms. The van der Waals surface area contributed by atoms with Crippen LogP contribution in [0.2, 0.25) is 0 Å². The molecule has 0 radical (unpaired) electrons. The zero-order chi connectivity index (χ0) is 76.0. The second-order valence-electron chi connectivity index (χ2n) is 30.8. The molecule has 0 unspecified atom stereocenters. The highest BCUT2D eigenvalue weighted by molar-refractivity contribution is 7.01. The Morgan fingerprint density at radius 3 is 0.574 bits per heavy atom. The van der Waals surface area contributed by atoms with Gasteiger partial charge in [0.25, 0.3) is 13.4 Å². The number of anilines is 12. The Morgan fingerprint density at radius 1 is 0.148 bits per heavy atom. The molecule has 0 amide bonds. The van der Waals surface area contributed by atoms with Crippen molar-refractivity contribution in [3.05, 3.63) is 436 Å². The largest absolute Gasteiger partial charge is 0.311 e. The van der Waals surface area contributed by atoms with Gasteiger partial charge in [-0.3, -0.25) is 0 Å². The molecule has 0 N–H and O–H groups in total. The van der Waals surface area contributed by atoms with Crippen LogP contribution in [0.4, 0.5) is 68.2 Å². The summed E-state index contributed by atoms with van der Waals surface area (Å²) in [6.07, 6.45) is 0. The second-order valence-corrected chi connectivity index (χ2v) is 30.8. The van der Waals surface area contributed by atoms with Crippen LogP contribution < -0.4 is 52.4 Å². The van der Waals surface area contributed by atoms with Gasteiger partial charge in [0.2, 0.25) is 0 Å². The van der Waals surface area contributed by atoms with Crippen molar-refractivity contribution in [2.24, 2.45) is 0 Å². The minimum atomic E-state index is -0.0122.